The minimum Gasteiger partial charge on any atom is -0.394 e. The van der Waals surface area contributed by atoms with Crippen LogP contribution >= 0.6 is 12.4 Å². The van der Waals surface area contributed by atoms with E-state index in [1.54, 1.807) is 0 Å². The van der Waals surface area contributed by atoms with Gasteiger partial charge in [-0.05, 0) is 6.42 Å². The normalized spacial score (nSPS) is 12.3. The lowest BCUT2D eigenvalue weighted by Gasteiger charge is -2.26. The summed E-state index contributed by atoms with van der Waals surface area (Å²) in [6, 6.07) is 2.78. The molecule has 0 aliphatic heterocycles. The standard InChI is InChI=1S/C17H39NO2Si.ClH/c1-4-5-6-7-8-10-13-21(2,3)14-11-9-12-17(18,15-19)16-20;/h19-20H,4-16,18H2,1-3H3;1H. The van der Waals surface area contributed by atoms with Gasteiger partial charge >= 0.3 is 0 Å². The fraction of sp³-hybridized carbons (Fsp3) is 1.00. The third-order valence-corrected chi connectivity index (χ3v) is 8.03. The molecular formula is C17H40ClNO2Si. The maximum Gasteiger partial charge on any atom is 0.0633 e. The highest BCUT2D eigenvalue weighted by molar-refractivity contribution is 6.77. The van der Waals surface area contributed by atoms with E-state index in [1.165, 1.54) is 57.0 Å². The molecule has 0 saturated heterocycles. The van der Waals surface area contributed by atoms with Crippen molar-refractivity contribution < 1.29 is 10.2 Å². The molecule has 0 radical (unpaired) electrons. The molecule has 0 heterocycles. The van der Waals surface area contributed by atoms with Gasteiger partial charge in [-0.15, -0.1) is 12.4 Å². The van der Waals surface area contributed by atoms with Crippen molar-refractivity contribution in [2.75, 3.05) is 13.2 Å². The number of rotatable bonds is 14. The SMILES string of the molecule is CCCCCCCC[Si](C)(C)CCCCC(N)(CO)CO.Cl. The number of aliphatic hydroxyl groups is 2. The summed E-state index contributed by atoms with van der Waals surface area (Å²) in [5.74, 6) is 0. The molecule has 0 aromatic heterocycles. The van der Waals surface area contributed by atoms with E-state index in [-0.39, 0.29) is 25.6 Å². The molecule has 0 unspecified atom stereocenters. The maximum atomic E-state index is 9.17. The van der Waals surface area contributed by atoms with E-state index in [0.717, 1.165) is 12.8 Å². The van der Waals surface area contributed by atoms with Crippen molar-refractivity contribution in [2.24, 2.45) is 5.73 Å². The van der Waals surface area contributed by atoms with Gasteiger partial charge < -0.3 is 15.9 Å². The van der Waals surface area contributed by atoms with Crippen molar-refractivity contribution in [3.05, 3.63) is 0 Å². The van der Waals surface area contributed by atoms with Crippen LogP contribution in [0.1, 0.15) is 64.7 Å². The Labute approximate surface area is 145 Å². The Balaban J connectivity index is 0. The molecule has 0 atom stereocenters. The molecule has 0 aromatic rings. The molecular weight excluding hydrogens is 314 g/mol. The largest absolute Gasteiger partial charge is 0.394 e. The molecule has 0 bridgehead atoms. The molecule has 0 spiro atoms. The summed E-state index contributed by atoms with van der Waals surface area (Å²) < 4.78 is 0. The van der Waals surface area contributed by atoms with Crippen LogP contribution in [0.2, 0.25) is 25.2 Å². The quantitative estimate of drug-likeness (QED) is 0.321. The first-order valence-electron chi connectivity index (χ1n) is 8.90. The summed E-state index contributed by atoms with van der Waals surface area (Å²) in [5, 5.41) is 18.3. The lowest BCUT2D eigenvalue weighted by molar-refractivity contribution is 0.112. The van der Waals surface area contributed by atoms with E-state index in [0.29, 0.717) is 0 Å². The zero-order valence-corrected chi connectivity index (χ0v) is 16.9. The highest BCUT2D eigenvalue weighted by atomic mass is 35.5. The van der Waals surface area contributed by atoms with Crippen LogP contribution in [0, 0.1) is 0 Å². The third kappa shape index (κ3) is 12.9. The monoisotopic (exact) mass is 353 g/mol. The Hall–Kier alpha value is 0.387. The first-order valence-corrected chi connectivity index (χ1v) is 12.3. The number of unbranched alkanes of at least 4 members (excludes halogenated alkanes) is 6. The molecule has 0 rings (SSSR count). The van der Waals surface area contributed by atoms with Crippen LogP contribution in [-0.2, 0) is 0 Å². The summed E-state index contributed by atoms with van der Waals surface area (Å²) in [7, 11) is -1.05. The zero-order chi connectivity index (χ0) is 16.2. The van der Waals surface area contributed by atoms with Gasteiger partial charge in [-0.1, -0.05) is 83.5 Å². The molecule has 0 saturated carbocycles. The van der Waals surface area contributed by atoms with Crippen LogP contribution in [0.3, 0.4) is 0 Å². The molecule has 22 heavy (non-hydrogen) atoms. The number of hydrogen-bond donors (Lipinski definition) is 3. The Kier molecular flexibility index (Phi) is 15.4. The summed E-state index contributed by atoms with van der Waals surface area (Å²) in [4.78, 5) is 0. The van der Waals surface area contributed by atoms with E-state index in [9.17, 15) is 10.2 Å². The van der Waals surface area contributed by atoms with Gasteiger partial charge in [-0.25, -0.2) is 0 Å². The highest BCUT2D eigenvalue weighted by Gasteiger charge is 2.24. The van der Waals surface area contributed by atoms with Gasteiger partial charge in [-0.2, -0.15) is 0 Å². The molecule has 0 fully saturated rings. The average molecular weight is 354 g/mol. The number of nitrogens with two attached hydrogens (primary N) is 1. The van der Waals surface area contributed by atoms with Gasteiger partial charge in [0.05, 0.1) is 18.8 Å². The zero-order valence-electron chi connectivity index (χ0n) is 15.1. The Morgan fingerprint density at radius 3 is 1.77 bits per heavy atom. The van der Waals surface area contributed by atoms with Crippen LogP contribution in [-0.4, -0.2) is 37.0 Å². The smallest absolute Gasteiger partial charge is 0.0633 e. The Bertz CT molecular complexity index is 249. The topological polar surface area (TPSA) is 66.5 Å². The molecule has 0 aliphatic carbocycles. The van der Waals surface area contributed by atoms with E-state index >= 15 is 0 Å². The minimum absolute atomic E-state index is 0. The molecule has 4 N–H and O–H groups in total. The Morgan fingerprint density at radius 2 is 1.27 bits per heavy atom. The van der Waals surface area contributed by atoms with Gasteiger partial charge in [0, 0.05) is 8.07 Å². The molecule has 0 amide bonds. The van der Waals surface area contributed by atoms with Crippen molar-refractivity contribution in [2.45, 2.75) is 95.4 Å². The second kappa shape index (κ2) is 13.8. The lowest BCUT2D eigenvalue weighted by Crippen LogP contribution is -2.47. The second-order valence-corrected chi connectivity index (χ2v) is 12.9. The summed E-state index contributed by atoms with van der Waals surface area (Å²) in [6.07, 6.45) is 11.2. The summed E-state index contributed by atoms with van der Waals surface area (Å²) in [6.45, 7) is 7.00. The van der Waals surface area contributed by atoms with E-state index in [1.807, 2.05) is 0 Å². The van der Waals surface area contributed by atoms with Crippen LogP contribution in [0.15, 0.2) is 0 Å². The van der Waals surface area contributed by atoms with Gasteiger partial charge in [0.15, 0.2) is 0 Å². The summed E-state index contributed by atoms with van der Waals surface area (Å²) in [5.41, 5.74) is 5.12. The van der Waals surface area contributed by atoms with Crippen molar-refractivity contribution in [3.8, 4) is 0 Å². The fourth-order valence-electron chi connectivity index (χ4n) is 2.80. The van der Waals surface area contributed by atoms with E-state index < -0.39 is 13.6 Å². The van der Waals surface area contributed by atoms with Crippen LogP contribution < -0.4 is 5.73 Å². The van der Waals surface area contributed by atoms with Gasteiger partial charge in [-0.3, -0.25) is 0 Å². The lowest BCUT2D eigenvalue weighted by atomic mass is 9.96. The first kappa shape index (κ1) is 24.6. The second-order valence-electron chi connectivity index (χ2n) is 7.57. The first-order chi connectivity index (χ1) is 9.89. The predicted octanol–water partition coefficient (Wildman–Crippen LogP) is 4.33. The van der Waals surface area contributed by atoms with Crippen molar-refractivity contribution in [1.82, 2.24) is 0 Å². The van der Waals surface area contributed by atoms with E-state index in [2.05, 4.69) is 20.0 Å². The number of halogens is 1. The minimum atomic E-state index is -1.05. The number of hydrogen-bond acceptors (Lipinski definition) is 3. The van der Waals surface area contributed by atoms with Crippen LogP contribution in [0.4, 0.5) is 0 Å². The van der Waals surface area contributed by atoms with Crippen molar-refractivity contribution in [1.29, 1.82) is 0 Å². The number of aliphatic hydroxyl groups excluding tert-OH is 2. The van der Waals surface area contributed by atoms with Gasteiger partial charge in [0.1, 0.15) is 0 Å². The summed E-state index contributed by atoms with van der Waals surface area (Å²) >= 11 is 0. The Morgan fingerprint density at radius 1 is 0.818 bits per heavy atom. The van der Waals surface area contributed by atoms with Crippen LogP contribution in [0.25, 0.3) is 0 Å². The highest BCUT2D eigenvalue weighted by Crippen LogP contribution is 2.24. The fourth-order valence-corrected chi connectivity index (χ4v) is 5.46. The van der Waals surface area contributed by atoms with Crippen LogP contribution in [0.5, 0.6) is 0 Å². The van der Waals surface area contributed by atoms with Crippen molar-refractivity contribution >= 4 is 20.5 Å². The van der Waals surface area contributed by atoms with E-state index in [4.69, 9.17) is 5.73 Å². The van der Waals surface area contributed by atoms with Crippen molar-refractivity contribution in [3.63, 3.8) is 0 Å². The predicted molar refractivity (Wildman–Crippen MR) is 103 cm³/mol. The molecule has 3 nitrogen and oxygen atoms in total. The molecule has 136 valence electrons. The molecule has 0 aromatic carbocycles. The maximum absolute atomic E-state index is 9.17. The molecule has 0 aliphatic rings. The van der Waals surface area contributed by atoms with Gasteiger partial charge in [0.25, 0.3) is 0 Å². The molecule has 5 heteroatoms. The third-order valence-electron chi connectivity index (χ3n) is 4.62. The average Bonchev–Trinajstić information content (AvgIpc) is 2.47. The van der Waals surface area contributed by atoms with Gasteiger partial charge in [0.2, 0.25) is 0 Å².